The van der Waals surface area contributed by atoms with Crippen LogP contribution in [0.5, 0.6) is 0 Å². The summed E-state index contributed by atoms with van der Waals surface area (Å²) in [6.07, 6.45) is 6.02. The molecule has 0 amide bonds. The topological polar surface area (TPSA) is 23.5 Å². The molecule has 2 heteroatoms. The summed E-state index contributed by atoms with van der Waals surface area (Å²) in [4.78, 5) is 2.07. The van der Waals surface area contributed by atoms with Gasteiger partial charge in [-0.2, -0.15) is 0 Å². The zero-order valence-corrected chi connectivity index (χ0v) is 6.41. The maximum atomic E-state index is 8.85. The lowest BCUT2D eigenvalue weighted by Crippen LogP contribution is -2.27. The maximum Gasteiger partial charge on any atom is 0.0663 e. The zero-order valence-electron chi connectivity index (χ0n) is 6.41. The van der Waals surface area contributed by atoms with Crippen molar-refractivity contribution in [1.82, 2.24) is 4.90 Å². The second kappa shape index (κ2) is 2.99. The predicted molar refractivity (Wildman–Crippen MR) is 41.8 cm³/mol. The van der Waals surface area contributed by atoms with Crippen molar-refractivity contribution in [1.29, 1.82) is 0 Å². The zero-order chi connectivity index (χ0) is 7.56. The lowest BCUT2D eigenvalue weighted by atomic mass is 10.1. The van der Waals surface area contributed by atoms with E-state index >= 15 is 0 Å². The molecule has 0 spiro atoms. The summed E-state index contributed by atoms with van der Waals surface area (Å²) in [7, 11) is 4.01. The quantitative estimate of drug-likeness (QED) is 0.598. The number of likely N-dealkylation sites (N-methyl/N-ethyl adjacent to an activating group) is 1. The molecule has 1 rings (SSSR count). The number of aliphatic hydroxyl groups is 1. The molecule has 1 unspecified atom stereocenters. The predicted octanol–water partition coefficient (Wildman–Crippen LogP) is 0.405. The molecule has 2 nitrogen and oxygen atoms in total. The summed E-state index contributed by atoms with van der Waals surface area (Å²) >= 11 is 0. The van der Waals surface area contributed by atoms with Crippen LogP contribution in [0, 0.1) is 0 Å². The molecule has 56 valence electrons. The molecule has 1 aliphatic carbocycles. The Labute approximate surface area is 61.5 Å². The number of rotatable bonds is 2. The van der Waals surface area contributed by atoms with E-state index in [1.807, 2.05) is 26.2 Å². The number of hydrogen-bond acceptors (Lipinski definition) is 2. The lowest BCUT2D eigenvalue weighted by molar-refractivity contribution is 0.294. The minimum absolute atomic E-state index is 0.163. The fourth-order valence-electron chi connectivity index (χ4n) is 1.16. The third-order valence-electron chi connectivity index (χ3n) is 1.72. The fraction of sp³-hybridized carbons (Fsp3) is 0.500. The van der Waals surface area contributed by atoms with Gasteiger partial charge in [0.2, 0.25) is 0 Å². The molecule has 1 N–H and O–H groups in total. The monoisotopic (exact) mass is 139 g/mol. The second-order valence-electron chi connectivity index (χ2n) is 2.69. The van der Waals surface area contributed by atoms with E-state index in [1.165, 1.54) is 0 Å². The van der Waals surface area contributed by atoms with E-state index in [2.05, 4.69) is 11.0 Å². The van der Waals surface area contributed by atoms with Crippen LogP contribution in [0.2, 0.25) is 0 Å². The Kier molecular flexibility index (Phi) is 2.25. The van der Waals surface area contributed by atoms with Crippen LogP contribution >= 0.6 is 0 Å². The molecule has 0 aromatic heterocycles. The Bertz CT molecular complexity index is 170. The highest BCUT2D eigenvalue weighted by Crippen LogP contribution is 2.14. The van der Waals surface area contributed by atoms with Gasteiger partial charge in [0.15, 0.2) is 0 Å². The first-order valence-corrected chi connectivity index (χ1v) is 3.40. The van der Waals surface area contributed by atoms with Crippen molar-refractivity contribution in [2.24, 2.45) is 0 Å². The van der Waals surface area contributed by atoms with Crippen LogP contribution in [0.15, 0.2) is 23.8 Å². The Balaban J connectivity index is 2.62. The van der Waals surface area contributed by atoms with Gasteiger partial charge in [-0.15, -0.1) is 0 Å². The van der Waals surface area contributed by atoms with E-state index in [-0.39, 0.29) is 6.61 Å². The van der Waals surface area contributed by atoms with Crippen molar-refractivity contribution in [3.63, 3.8) is 0 Å². The van der Waals surface area contributed by atoms with Crippen LogP contribution in [-0.2, 0) is 0 Å². The van der Waals surface area contributed by atoms with E-state index < -0.39 is 0 Å². The summed E-state index contributed by atoms with van der Waals surface area (Å²) in [5.74, 6) is 0. The number of allylic oxidation sites excluding steroid dienone is 2. The SMILES string of the molecule is CN(C)C1C=CC=C1CO. The first-order chi connectivity index (χ1) is 4.75. The minimum atomic E-state index is 0.163. The first kappa shape index (κ1) is 7.51. The Morgan fingerprint density at radius 3 is 2.70 bits per heavy atom. The molecular formula is C8H13NO. The normalized spacial score (nSPS) is 24.0. The van der Waals surface area contributed by atoms with Crippen LogP contribution in [-0.4, -0.2) is 36.8 Å². The number of nitrogens with zero attached hydrogens (tertiary/aromatic N) is 1. The van der Waals surface area contributed by atoms with Crippen molar-refractivity contribution >= 4 is 0 Å². The molecule has 0 aromatic rings. The van der Waals surface area contributed by atoms with E-state index in [0.717, 1.165) is 5.57 Å². The van der Waals surface area contributed by atoms with Gasteiger partial charge in [0.25, 0.3) is 0 Å². The molecule has 0 fully saturated rings. The molecule has 0 aromatic carbocycles. The number of aliphatic hydroxyl groups excluding tert-OH is 1. The van der Waals surface area contributed by atoms with Crippen molar-refractivity contribution < 1.29 is 5.11 Å². The van der Waals surface area contributed by atoms with Gasteiger partial charge in [-0.3, -0.25) is 4.90 Å². The lowest BCUT2D eigenvalue weighted by Gasteiger charge is -2.19. The van der Waals surface area contributed by atoms with E-state index in [0.29, 0.717) is 6.04 Å². The summed E-state index contributed by atoms with van der Waals surface area (Å²) < 4.78 is 0. The van der Waals surface area contributed by atoms with Crippen molar-refractivity contribution in [2.75, 3.05) is 20.7 Å². The third kappa shape index (κ3) is 1.28. The molecule has 0 aliphatic heterocycles. The van der Waals surface area contributed by atoms with Gasteiger partial charge in [0, 0.05) is 0 Å². The first-order valence-electron chi connectivity index (χ1n) is 3.40. The van der Waals surface area contributed by atoms with Crippen molar-refractivity contribution in [3.05, 3.63) is 23.8 Å². The van der Waals surface area contributed by atoms with Crippen LogP contribution in [0.3, 0.4) is 0 Å². The van der Waals surface area contributed by atoms with Gasteiger partial charge in [-0.05, 0) is 19.7 Å². The Morgan fingerprint density at radius 2 is 2.30 bits per heavy atom. The standard InChI is InChI=1S/C8H13NO/c1-9(2)8-5-3-4-7(8)6-10/h3-5,8,10H,6H2,1-2H3. The molecule has 0 saturated heterocycles. The molecular weight excluding hydrogens is 126 g/mol. The molecule has 0 heterocycles. The average molecular weight is 139 g/mol. The summed E-state index contributed by atoms with van der Waals surface area (Å²) in [5.41, 5.74) is 1.07. The maximum absolute atomic E-state index is 8.85. The summed E-state index contributed by atoms with van der Waals surface area (Å²) in [6, 6.07) is 0.310. The van der Waals surface area contributed by atoms with Crippen LogP contribution in [0.4, 0.5) is 0 Å². The van der Waals surface area contributed by atoms with Gasteiger partial charge in [-0.1, -0.05) is 18.2 Å². The third-order valence-corrected chi connectivity index (χ3v) is 1.72. The van der Waals surface area contributed by atoms with Gasteiger partial charge in [0.05, 0.1) is 12.6 Å². The molecule has 0 bridgehead atoms. The van der Waals surface area contributed by atoms with E-state index in [1.54, 1.807) is 0 Å². The van der Waals surface area contributed by atoms with Gasteiger partial charge in [0.1, 0.15) is 0 Å². The highest BCUT2D eigenvalue weighted by molar-refractivity contribution is 5.31. The largest absolute Gasteiger partial charge is 0.392 e. The average Bonchev–Trinajstić information content (AvgIpc) is 2.33. The van der Waals surface area contributed by atoms with Crippen LogP contribution in [0.25, 0.3) is 0 Å². The molecule has 0 saturated carbocycles. The Morgan fingerprint density at radius 1 is 1.60 bits per heavy atom. The van der Waals surface area contributed by atoms with Crippen molar-refractivity contribution in [2.45, 2.75) is 6.04 Å². The van der Waals surface area contributed by atoms with E-state index in [4.69, 9.17) is 5.11 Å². The minimum Gasteiger partial charge on any atom is -0.392 e. The fourth-order valence-corrected chi connectivity index (χ4v) is 1.16. The molecule has 0 radical (unpaired) electrons. The summed E-state index contributed by atoms with van der Waals surface area (Å²) in [6.45, 7) is 0.163. The summed E-state index contributed by atoms with van der Waals surface area (Å²) in [5, 5.41) is 8.85. The smallest absolute Gasteiger partial charge is 0.0663 e. The molecule has 10 heavy (non-hydrogen) atoms. The highest BCUT2D eigenvalue weighted by Gasteiger charge is 2.14. The van der Waals surface area contributed by atoms with Gasteiger partial charge >= 0.3 is 0 Å². The molecule has 1 atom stereocenters. The van der Waals surface area contributed by atoms with E-state index in [9.17, 15) is 0 Å². The second-order valence-corrected chi connectivity index (χ2v) is 2.69. The van der Waals surface area contributed by atoms with Gasteiger partial charge in [-0.25, -0.2) is 0 Å². The highest BCUT2D eigenvalue weighted by atomic mass is 16.3. The van der Waals surface area contributed by atoms with Gasteiger partial charge < -0.3 is 5.11 Å². The van der Waals surface area contributed by atoms with Crippen LogP contribution in [0.1, 0.15) is 0 Å². The molecule has 1 aliphatic rings. The number of hydrogen-bond donors (Lipinski definition) is 1. The van der Waals surface area contributed by atoms with Crippen molar-refractivity contribution in [3.8, 4) is 0 Å². The Hall–Kier alpha value is -0.600. The van der Waals surface area contributed by atoms with Crippen LogP contribution < -0.4 is 0 Å².